The van der Waals surface area contributed by atoms with Gasteiger partial charge in [0.1, 0.15) is 0 Å². The number of nitrogen functional groups attached to an aromatic ring is 1. The van der Waals surface area contributed by atoms with E-state index in [2.05, 4.69) is 0 Å². The van der Waals surface area contributed by atoms with Gasteiger partial charge in [-0.25, -0.2) is 9.10 Å². The molecule has 0 radical (unpaired) electrons. The molecule has 8 heteroatoms. The van der Waals surface area contributed by atoms with Crippen LogP contribution in [0.2, 0.25) is 0 Å². The molecular formula is C11H9Cl2N3O2S. The summed E-state index contributed by atoms with van der Waals surface area (Å²) in [6, 6.07) is 6.17. The quantitative estimate of drug-likeness (QED) is 0.272. The fraction of sp³-hybridized carbons (Fsp3) is 0.0909. The van der Waals surface area contributed by atoms with E-state index in [1.165, 1.54) is 28.4 Å². The summed E-state index contributed by atoms with van der Waals surface area (Å²) in [7, 11) is 0. The Bertz CT molecular complexity index is 545. The van der Waals surface area contributed by atoms with E-state index < -0.39 is 11.5 Å². The molecule has 1 aliphatic heterocycles. The highest BCUT2D eigenvalue weighted by atomic mass is 35.5. The molecule has 0 fully saturated rings. The lowest BCUT2D eigenvalue weighted by Gasteiger charge is -2.08. The van der Waals surface area contributed by atoms with Gasteiger partial charge in [0.2, 0.25) is 0 Å². The van der Waals surface area contributed by atoms with E-state index in [1.54, 1.807) is 17.5 Å². The number of carboxylic acids is 1. The van der Waals surface area contributed by atoms with Crippen LogP contribution < -0.4 is 5.73 Å². The van der Waals surface area contributed by atoms with Crippen molar-refractivity contribution in [2.24, 2.45) is 0 Å². The zero-order valence-electron chi connectivity index (χ0n) is 9.46. The van der Waals surface area contributed by atoms with Gasteiger partial charge in [-0.2, -0.15) is 5.26 Å². The first kappa shape index (κ1) is 15.5. The molecule has 1 aromatic carbocycles. The maximum Gasteiger partial charge on any atom is 0.335 e. The Morgan fingerprint density at radius 1 is 1.58 bits per heavy atom. The summed E-state index contributed by atoms with van der Waals surface area (Å²) in [4.78, 5) is 10.3. The second-order valence-electron chi connectivity index (χ2n) is 3.30. The number of aromatic carboxylic acids is 1. The average Bonchev–Trinajstić information content (AvgIpc) is 2.70. The molecule has 1 aromatic rings. The van der Waals surface area contributed by atoms with E-state index >= 15 is 0 Å². The van der Waals surface area contributed by atoms with Crippen molar-refractivity contribution in [1.82, 2.24) is 4.31 Å². The number of alkyl halides is 1. The molecule has 0 aromatic heterocycles. The normalized spacial score (nSPS) is 17.0. The number of carboxylic acid groups (broad SMARTS) is 1. The van der Waals surface area contributed by atoms with E-state index in [0.717, 1.165) is 0 Å². The molecule has 0 amide bonds. The van der Waals surface area contributed by atoms with Gasteiger partial charge in [0.25, 0.3) is 0 Å². The van der Waals surface area contributed by atoms with Crippen molar-refractivity contribution in [2.45, 2.75) is 5.50 Å². The minimum absolute atomic E-state index is 0.222. The molecule has 0 spiro atoms. The first-order valence-electron chi connectivity index (χ1n) is 4.90. The van der Waals surface area contributed by atoms with Gasteiger partial charge in [0.15, 0.2) is 11.7 Å². The van der Waals surface area contributed by atoms with Crippen LogP contribution in [0.1, 0.15) is 10.4 Å². The average molecular weight is 318 g/mol. The number of carbonyl (C=O) groups is 1. The molecule has 19 heavy (non-hydrogen) atoms. The SMILES string of the molecule is N#CN1SC=C(Cl)C1Cl.Nc1cccc(C(=O)O)c1. The van der Waals surface area contributed by atoms with Crippen molar-refractivity contribution in [3.05, 3.63) is 40.3 Å². The molecule has 1 heterocycles. The number of nitrogens with two attached hydrogens (primary N) is 1. The van der Waals surface area contributed by atoms with Crippen LogP contribution in [0.4, 0.5) is 5.69 Å². The topological polar surface area (TPSA) is 90.4 Å². The van der Waals surface area contributed by atoms with Crippen molar-refractivity contribution in [2.75, 3.05) is 5.73 Å². The second-order valence-corrected chi connectivity index (χ2v) is 4.99. The van der Waals surface area contributed by atoms with Crippen molar-refractivity contribution < 1.29 is 9.90 Å². The summed E-state index contributed by atoms with van der Waals surface area (Å²) >= 11 is 12.4. The highest BCUT2D eigenvalue weighted by molar-refractivity contribution is 8.00. The Hall–Kier alpha value is -1.55. The lowest BCUT2D eigenvalue weighted by Crippen LogP contribution is -2.13. The van der Waals surface area contributed by atoms with Gasteiger partial charge in [0, 0.05) is 11.1 Å². The van der Waals surface area contributed by atoms with E-state index in [1.807, 2.05) is 6.19 Å². The monoisotopic (exact) mass is 317 g/mol. The van der Waals surface area contributed by atoms with Gasteiger partial charge in [0.05, 0.1) is 10.6 Å². The Morgan fingerprint density at radius 3 is 2.58 bits per heavy atom. The number of halogens is 2. The Kier molecular flexibility index (Phi) is 5.83. The fourth-order valence-corrected chi connectivity index (χ4v) is 2.28. The molecule has 100 valence electrons. The van der Waals surface area contributed by atoms with Crippen LogP contribution >= 0.6 is 35.1 Å². The molecule has 2 rings (SSSR count). The lowest BCUT2D eigenvalue weighted by molar-refractivity contribution is 0.0697. The fourth-order valence-electron chi connectivity index (χ4n) is 1.07. The summed E-state index contributed by atoms with van der Waals surface area (Å²) in [5.74, 6) is -0.952. The molecule has 0 saturated carbocycles. The molecule has 0 bridgehead atoms. The smallest absolute Gasteiger partial charge is 0.335 e. The van der Waals surface area contributed by atoms with Gasteiger partial charge < -0.3 is 10.8 Å². The zero-order valence-corrected chi connectivity index (χ0v) is 11.8. The summed E-state index contributed by atoms with van der Waals surface area (Å²) in [6.45, 7) is 0. The first-order chi connectivity index (χ1) is 8.95. The van der Waals surface area contributed by atoms with Gasteiger partial charge in [-0.3, -0.25) is 0 Å². The van der Waals surface area contributed by atoms with Crippen LogP contribution in [0.3, 0.4) is 0 Å². The van der Waals surface area contributed by atoms with Crippen LogP contribution in [0.5, 0.6) is 0 Å². The third kappa shape index (κ3) is 4.56. The molecule has 3 N–H and O–H groups in total. The summed E-state index contributed by atoms with van der Waals surface area (Å²) in [5.41, 5.74) is 5.56. The van der Waals surface area contributed by atoms with E-state index in [4.69, 9.17) is 39.3 Å². The predicted octanol–water partition coefficient (Wildman–Crippen LogP) is 3.04. The Balaban J connectivity index is 0.000000191. The van der Waals surface area contributed by atoms with Gasteiger partial charge in [-0.15, -0.1) is 0 Å². The third-order valence-electron chi connectivity index (χ3n) is 1.94. The molecular weight excluding hydrogens is 309 g/mol. The van der Waals surface area contributed by atoms with E-state index in [9.17, 15) is 4.79 Å². The molecule has 5 nitrogen and oxygen atoms in total. The van der Waals surface area contributed by atoms with Crippen LogP contribution in [-0.4, -0.2) is 20.9 Å². The van der Waals surface area contributed by atoms with Crippen molar-refractivity contribution >= 4 is 46.8 Å². The second kappa shape index (κ2) is 7.14. The molecule has 1 unspecified atom stereocenters. The molecule has 0 saturated heterocycles. The minimum atomic E-state index is -0.952. The van der Waals surface area contributed by atoms with Crippen molar-refractivity contribution in [1.29, 1.82) is 5.26 Å². The summed E-state index contributed by atoms with van der Waals surface area (Å²) in [5, 5.41) is 18.9. The number of nitrogens with zero attached hydrogens (tertiary/aromatic N) is 2. The number of benzene rings is 1. The first-order valence-corrected chi connectivity index (χ1v) is 6.55. The third-order valence-corrected chi connectivity index (χ3v) is 3.93. The number of rotatable bonds is 1. The van der Waals surface area contributed by atoms with Crippen LogP contribution in [0.15, 0.2) is 34.7 Å². The lowest BCUT2D eigenvalue weighted by atomic mass is 10.2. The van der Waals surface area contributed by atoms with Gasteiger partial charge in [-0.1, -0.05) is 29.3 Å². The molecule has 1 aliphatic rings. The van der Waals surface area contributed by atoms with E-state index in [-0.39, 0.29) is 5.56 Å². The molecule has 1 atom stereocenters. The molecule has 0 aliphatic carbocycles. The number of hydrogen-bond acceptors (Lipinski definition) is 5. The largest absolute Gasteiger partial charge is 0.478 e. The van der Waals surface area contributed by atoms with Gasteiger partial charge >= 0.3 is 5.97 Å². The number of nitriles is 1. The van der Waals surface area contributed by atoms with E-state index in [0.29, 0.717) is 10.7 Å². The Morgan fingerprint density at radius 2 is 2.26 bits per heavy atom. The standard InChI is InChI=1S/C7H7NO2.C4H2Cl2N2S/c8-6-3-1-2-5(4-6)7(9)10;5-3-1-9-8(2-7)4(3)6/h1-4H,8H2,(H,9,10);1,4H. The minimum Gasteiger partial charge on any atom is -0.478 e. The summed E-state index contributed by atoms with van der Waals surface area (Å²) < 4.78 is 1.31. The Labute approximate surface area is 124 Å². The number of hydrogen-bond donors (Lipinski definition) is 2. The van der Waals surface area contributed by atoms with Gasteiger partial charge in [-0.05, 0) is 30.1 Å². The van der Waals surface area contributed by atoms with Crippen molar-refractivity contribution in [3.8, 4) is 6.19 Å². The highest BCUT2D eigenvalue weighted by Crippen LogP contribution is 2.33. The van der Waals surface area contributed by atoms with Crippen molar-refractivity contribution in [3.63, 3.8) is 0 Å². The maximum atomic E-state index is 10.3. The summed E-state index contributed by atoms with van der Waals surface area (Å²) in [6.07, 6.45) is 1.87. The van der Waals surface area contributed by atoms with Crippen LogP contribution in [-0.2, 0) is 0 Å². The van der Waals surface area contributed by atoms with Crippen LogP contribution in [0, 0.1) is 11.5 Å². The maximum absolute atomic E-state index is 10.3. The zero-order chi connectivity index (χ0) is 14.4. The number of anilines is 1. The highest BCUT2D eigenvalue weighted by Gasteiger charge is 2.23. The van der Waals surface area contributed by atoms with Crippen LogP contribution in [0.25, 0.3) is 0 Å². The predicted molar refractivity (Wildman–Crippen MR) is 76.4 cm³/mol.